The van der Waals surface area contributed by atoms with E-state index < -0.39 is 0 Å². The van der Waals surface area contributed by atoms with Crippen molar-refractivity contribution < 1.29 is 4.79 Å². The molecule has 3 heteroatoms. The van der Waals surface area contributed by atoms with E-state index in [1.807, 2.05) is 39.1 Å². The van der Waals surface area contributed by atoms with E-state index in [4.69, 9.17) is 0 Å². The number of carbonyl (C=O) groups is 1. The molecule has 0 aromatic carbocycles. The number of fused-ring (bicyclic) bond motifs is 1. The third-order valence-electron chi connectivity index (χ3n) is 2.34. The fourth-order valence-electron chi connectivity index (χ4n) is 1.50. The molecule has 0 amide bonds. The minimum absolute atomic E-state index is 0.123. The van der Waals surface area contributed by atoms with E-state index in [9.17, 15) is 4.79 Å². The van der Waals surface area contributed by atoms with Crippen LogP contribution in [0.1, 0.15) is 31.1 Å². The van der Waals surface area contributed by atoms with Gasteiger partial charge in [-0.15, -0.1) is 0 Å². The fraction of sp³-hybridized carbons (Fsp3) is 0.333. The van der Waals surface area contributed by atoms with Crippen molar-refractivity contribution in [2.45, 2.75) is 20.8 Å². The number of nitrogens with one attached hydrogen (secondary N) is 1. The van der Waals surface area contributed by atoms with Crippen LogP contribution < -0.4 is 0 Å². The van der Waals surface area contributed by atoms with Crippen LogP contribution in [0.25, 0.3) is 11.0 Å². The lowest BCUT2D eigenvalue weighted by atomic mass is 9.87. The number of hydrogen-bond acceptors (Lipinski definition) is 2. The van der Waals surface area contributed by atoms with Crippen molar-refractivity contribution in [1.29, 1.82) is 0 Å². The molecule has 0 radical (unpaired) electrons. The van der Waals surface area contributed by atoms with Crippen LogP contribution in [-0.4, -0.2) is 15.8 Å². The van der Waals surface area contributed by atoms with Crippen LogP contribution in [0.3, 0.4) is 0 Å². The zero-order valence-electron chi connectivity index (χ0n) is 9.16. The van der Waals surface area contributed by atoms with E-state index in [-0.39, 0.29) is 11.2 Å². The standard InChI is InChI=1S/C12H14N2O/c1-12(2,3)10(15)9-6-8-4-5-13-11(8)14-7-9/h4-7H,1-3H3,(H,13,14). The Labute approximate surface area is 88.5 Å². The smallest absolute Gasteiger partial charge is 0.169 e. The molecule has 78 valence electrons. The van der Waals surface area contributed by atoms with Gasteiger partial charge in [0.2, 0.25) is 0 Å². The van der Waals surface area contributed by atoms with Crippen LogP contribution in [0.4, 0.5) is 0 Å². The maximum Gasteiger partial charge on any atom is 0.169 e. The van der Waals surface area contributed by atoms with Gasteiger partial charge in [0.1, 0.15) is 5.65 Å². The summed E-state index contributed by atoms with van der Waals surface area (Å²) in [5.41, 5.74) is 1.14. The summed E-state index contributed by atoms with van der Waals surface area (Å²) in [6.45, 7) is 5.74. The molecule has 0 aliphatic heterocycles. The second-order valence-electron chi connectivity index (χ2n) is 4.72. The predicted octanol–water partition coefficient (Wildman–Crippen LogP) is 2.79. The van der Waals surface area contributed by atoms with Crippen molar-refractivity contribution in [2.75, 3.05) is 0 Å². The van der Waals surface area contributed by atoms with Gasteiger partial charge in [0.15, 0.2) is 5.78 Å². The number of H-pyrrole nitrogens is 1. The number of aromatic nitrogens is 2. The Morgan fingerprint density at radius 1 is 1.40 bits per heavy atom. The van der Waals surface area contributed by atoms with Gasteiger partial charge in [-0.3, -0.25) is 4.79 Å². The van der Waals surface area contributed by atoms with Crippen LogP contribution >= 0.6 is 0 Å². The molecular formula is C12H14N2O. The topological polar surface area (TPSA) is 45.8 Å². The number of carbonyl (C=O) groups excluding carboxylic acids is 1. The fourth-order valence-corrected chi connectivity index (χ4v) is 1.50. The van der Waals surface area contributed by atoms with E-state index >= 15 is 0 Å². The first-order chi connectivity index (χ1) is 6.98. The molecular weight excluding hydrogens is 188 g/mol. The van der Waals surface area contributed by atoms with Gasteiger partial charge < -0.3 is 4.98 Å². The Balaban J connectivity index is 2.49. The third kappa shape index (κ3) is 1.77. The van der Waals surface area contributed by atoms with E-state index in [1.165, 1.54) is 0 Å². The Bertz CT molecular complexity index is 506. The number of ketones is 1. The Kier molecular flexibility index (Phi) is 2.11. The minimum atomic E-state index is -0.355. The predicted molar refractivity (Wildman–Crippen MR) is 59.9 cm³/mol. The SMILES string of the molecule is CC(C)(C)C(=O)c1cnc2[nH]ccc2c1. The molecule has 1 N–H and O–H groups in total. The van der Waals surface area contributed by atoms with Crippen molar-refractivity contribution in [2.24, 2.45) is 5.41 Å². The van der Waals surface area contributed by atoms with E-state index in [1.54, 1.807) is 6.20 Å². The lowest BCUT2D eigenvalue weighted by molar-refractivity contribution is 0.0858. The van der Waals surface area contributed by atoms with Crippen molar-refractivity contribution in [3.05, 3.63) is 30.1 Å². The van der Waals surface area contributed by atoms with Gasteiger partial charge in [-0.05, 0) is 12.1 Å². The highest BCUT2D eigenvalue weighted by atomic mass is 16.1. The third-order valence-corrected chi connectivity index (χ3v) is 2.34. The minimum Gasteiger partial charge on any atom is -0.346 e. The number of nitrogens with zero attached hydrogens (tertiary/aromatic N) is 1. The first-order valence-corrected chi connectivity index (χ1v) is 4.96. The summed E-state index contributed by atoms with van der Waals surface area (Å²) >= 11 is 0. The average molecular weight is 202 g/mol. The van der Waals surface area contributed by atoms with Crippen LogP contribution in [-0.2, 0) is 0 Å². The molecule has 2 heterocycles. The lowest BCUT2D eigenvalue weighted by Gasteiger charge is -2.16. The highest BCUT2D eigenvalue weighted by molar-refractivity contribution is 6.01. The number of rotatable bonds is 1. The zero-order valence-corrected chi connectivity index (χ0v) is 9.16. The molecule has 0 atom stereocenters. The van der Waals surface area contributed by atoms with Crippen molar-refractivity contribution in [3.8, 4) is 0 Å². The molecule has 0 aliphatic carbocycles. The summed E-state index contributed by atoms with van der Waals surface area (Å²) in [6, 6.07) is 3.80. The molecule has 0 spiro atoms. The van der Waals surface area contributed by atoms with Crippen LogP contribution in [0.2, 0.25) is 0 Å². The quantitative estimate of drug-likeness (QED) is 0.723. The molecule has 0 saturated heterocycles. The first kappa shape index (κ1) is 9.90. The summed E-state index contributed by atoms with van der Waals surface area (Å²) in [5, 5.41) is 0.977. The van der Waals surface area contributed by atoms with Crippen molar-refractivity contribution in [1.82, 2.24) is 9.97 Å². The van der Waals surface area contributed by atoms with Crippen LogP contribution in [0.5, 0.6) is 0 Å². The molecule has 2 aromatic heterocycles. The highest BCUT2D eigenvalue weighted by Crippen LogP contribution is 2.22. The van der Waals surface area contributed by atoms with Gasteiger partial charge in [-0.25, -0.2) is 4.98 Å². The van der Waals surface area contributed by atoms with Gasteiger partial charge in [-0.1, -0.05) is 20.8 Å². The zero-order chi connectivity index (χ0) is 11.1. The summed E-state index contributed by atoms with van der Waals surface area (Å²) in [4.78, 5) is 19.2. The van der Waals surface area contributed by atoms with E-state index in [0.29, 0.717) is 5.56 Å². The second kappa shape index (κ2) is 3.19. The van der Waals surface area contributed by atoms with Gasteiger partial charge in [0.25, 0.3) is 0 Å². The molecule has 2 aromatic rings. The summed E-state index contributed by atoms with van der Waals surface area (Å²) in [6.07, 6.45) is 3.45. The maximum absolute atomic E-state index is 12.0. The Morgan fingerprint density at radius 2 is 2.13 bits per heavy atom. The molecule has 0 unspecified atom stereocenters. The molecule has 0 saturated carbocycles. The average Bonchev–Trinajstić information content (AvgIpc) is 2.61. The summed E-state index contributed by atoms with van der Waals surface area (Å²) in [5.74, 6) is 0.123. The largest absolute Gasteiger partial charge is 0.346 e. The molecule has 2 rings (SSSR count). The normalized spacial score (nSPS) is 11.9. The number of pyridine rings is 1. The van der Waals surface area contributed by atoms with Gasteiger partial charge >= 0.3 is 0 Å². The first-order valence-electron chi connectivity index (χ1n) is 4.96. The summed E-state index contributed by atoms with van der Waals surface area (Å²) < 4.78 is 0. The Hall–Kier alpha value is -1.64. The highest BCUT2D eigenvalue weighted by Gasteiger charge is 2.23. The maximum atomic E-state index is 12.0. The van der Waals surface area contributed by atoms with E-state index in [2.05, 4.69) is 9.97 Å². The number of hydrogen-bond donors (Lipinski definition) is 1. The molecule has 15 heavy (non-hydrogen) atoms. The molecule has 3 nitrogen and oxygen atoms in total. The van der Waals surface area contributed by atoms with Gasteiger partial charge in [0, 0.05) is 28.8 Å². The molecule has 0 aliphatic rings. The number of Topliss-reactive ketones (excluding diaryl/α,β-unsaturated/α-hetero) is 1. The Morgan fingerprint density at radius 3 is 2.80 bits per heavy atom. The van der Waals surface area contributed by atoms with Crippen LogP contribution in [0.15, 0.2) is 24.5 Å². The second-order valence-corrected chi connectivity index (χ2v) is 4.72. The van der Waals surface area contributed by atoms with Crippen LogP contribution in [0, 0.1) is 5.41 Å². The van der Waals surface area contributed by atoms with Crippen molar-refractivity contribution in [3.63, 3.8) is 0 Å². The van der Waals surface area contributed by atoms with Gasteiger partial charge in [0.05, 0.1) is 0 Å². The van der Waals surface area contributed by atoms with Gasteiger partial charge in [-0.2, -0.15) is 0 Å². The molecule has 0 fully saturated rings. The van der Waals surface area contributed by atoms with Crippen molar-refractivity contribution >= 4 is 16.8 Å². The number of aromatic amines is 1. The monoisotopic (exact) mass is 202 g/mol. The molecule has 0 bridgehead atoms. The van der Waals surface area contributed by atoms with E-state index in [0.717, 1.165) is 11.0 Å². The lowest BCUT2D eigenvalue weighted by Crippen LogP contribution is -2.20. The summed E-state index contributed by atoms with van der Waals surface area (Å²) in [7, 11) is 0.